The zero-order valence-electron chi connectivity index (χ0n) is 42.0. The lowest BCUT2D eigenvalue weighted by molar-refractivity contribution is 0.397. The molecule has 362 valence electrons. The molecule has 6 aromatic heterocycles. The van der Waals surface area contributed by atoms with Crippen LogP contribution in [-0.4, -0.2) is 17.5 Å². The third-order valence-electron chi connectivity index (χ3n) is 16.7. The second-order valence-corrected chi connectivity index (χ2v) is 26.7. The topological polar surface area (TPSA) is 51.6 Å². The molecule has 0 amide bonds. The number of unbranched alkanes of at least 4 members (excludes halogenated alkanes) is 12. The average Bonchev–Trinajstić information content (AvgIpc) is 4.24. The van der Waals surface area contributed by atoms with Gasteiger partial charge in [0.1, 0.15) is 22.1 Å². The molecule has 6 heterocycles. The molecule has 0 atom stereocenters. The number of fused-ring (bicyclic) bond motifs is 16. The first-order valence-corrected chi connectivity index (χ1v) is 31.6. The molecule has 0 bridgehead atoms. The van der Waals surface area contributed by atoms with Gasteiger partial charge in [-0.2, -0.15) is 17.5 Å². The number of aromatic nitrogens is 4. The van der Waals surface area contributed by atoms with Crippen LogP contribution in [0.2, 0.25) is 0 Å². The quantitative estimate of drug-likeness (QED) is 0.0673. The van der Waals surface area contributed by atoms with Crippen LogP contribution in [0.3, 0.4) is 0 Å². The molecule has 0 radical (unpaired) electrons. The summed E-state index contributed by atoms with van der Waals surface area (Å²) in [6, 6.07) is 20.6. The normalized spacial score (nSPS) is 14.7. The Morgan fingerprint density at radius 2 is 0.829 bits per heavy atom. The third-order valence-corrected chi connectivity index (χ3v) is 22.4. The highest BCUT2D eigenvalue weighted by Crippen LogP contribution is 2.64. The van der Waals surface area contributed by atoms with E-state index in [9.17, 15) is 0 Å². The number of rotatable bonds is 21. The van der Waals surface area contributed by atoms with E-state index in [4.69, 9.17) is 17.5 Å². The predicted octanol–water partition coefficient (Wildman–Crippen LogP) is 21.3. The van der Waals surface area contributed by atoms with Crippen LogP contribution in [0.5, 0.6) is 0 Å². The monoisotopic (exact) mass is 1030 g/mol. The molecule has 4 aromatic carbocycles. The van der Waals surface area contributed by atoms with Gasteiger partial charge >= 0.3 is 0 Å². The summed E-state index contributed by atoms with van der Waals surface area (Å²) in [6.45, 7) is 13.9. The molecule has 0 fully saturated rings. The fourth-order valence-electron chi connectivity index (χ4n) is 13.2. The van der Waals surface area contributed by atoms with Crippen molar-refractivity contribution >= 4 is 130 Å². The van der Waals surface area contributed by atoms with E-state index in [-0.39, 0.29) is 10.8 Å². The minimum Gasteiger partial charge on any atom is -0.173 e. The predicted molar refractivity (Wildman–Crippen MR) is 312 cm³/mol. The highest BCUT2D eigenvalue weighted by atomic mass is 32.1. The van der Waals surface area contributed by atoms with Crippen molar-refractivity contribution in [1.29, 1.82) is 0 Å². The molecule has 0 aliphatic heterocycles. The van der Waals surface area contributed by atoms with Gasteiger partial charge in [-0.3, -0.25) is 0 Å². The first kappa shape index (κ1) is 47.4. The highest BCUT2D eigenvalue weighted by Gasteiger charge is 2.50. The summed E-state index contributed by atoms with van der Waals surface area (Å²) < 4.78 is 29.3. The lowest BCUT2D eigenvalue weighted by Gasteiger charge is -2.35. The van der Waals surface area contributed by atoms with Crippen LogP contribution in [-0.2, 0) is 10.8 Å². The summed E-state index contributed by atoms with van der Waals surface area (Å²) in [5.74, 6) is 0. The SMILES string of the molecule is CCCCCCC1(CCCCCC)c2cc3c(cc2-c2c1cc(C)c1nsnc21)C(CCCCCC)(CCCCCC)c1cc(-c2cc4sc5cc6c(cc5c4s2)sc2cc(C)sc26)c2nsnc2c1-3. The maximum atomic E-state index is 5.39. The van der Waals surface area contributed by atoms with E-state index in [0.29, 0.717) is 0 Å². The Morgan fingerprint density at radius 1 is 0.386 bits per heavy atom. The minimum atomic E-state index is -0.122. The van der Waals surface area contributed by atoms with Crippen molar-refractivity contribution in [2.45, 2.75) is 181 Å². The second kappa shape index (κ2) is 19.3. The molecule has 0 saturated carbocycles. The van der Waals surface area contributed by atoms with Crippen molar-refractivity contribution in [2.24, 2.45) is 0 Å². The van der Waals surface area contributed by atoms with Crippen molar-refractivity contribution in [3.05, 3.63) is 81.2 Å². The number of nitrogens with zero attached hydrogens (tertiary/aromatic N) is 4. The number of hydrogen-bond donors (Lipinski definition) is 0. The van der Waals surface area contributed by atoms with Crippen LogP contribution in [0, 0.1) is 13.8 Å². The van der Waals surface area contributed by atoms with Gasteiger partial charge in [0.05, 0.1) is 32.9 Å². The Hall–Kier alpha value is -3.64. The maximum absolute atomic E-state index is 5.39. The van der Waals surface area contributed by atoms with Crippen LogP contribution >= 0.6 is 68.8 Å². The summed E-state index contributed by atoms with van der Waals surface area (Å²) in [6.07, 6.45) is 24.9. The molecule has 0 unspecified atom stereocenters. The molecule has 0 saturated heterocycles. The van der Waals surface area contributed by atoms with E-state index in [1.807, 2.05) is 45.3 Å². The molecule has 12 rings (SSSR count). The van der Waals surface area contributed by atoms with Crippen LogP contribution in [0.15, 0.2) is 48.5 Å². The van der Waals surface area contributed by atoms with Gasteiger partial charge in [0.25, 0.3) is 0 Å². The molecule has 2 aliphatic carbocycles. The van der Waals surface area contributed by atoms with Crippen LogP contribution in [0.25, 0.3) is 93.7 Å². The smallest absolute Gasteiger partial charge is 0.114 e. The molecule has 0 spiro atoms. The van der Waals surface area contributed by atoms with Crippen molar-refractivity contribution in [1.82, 2.24) is 17.5 Å². The minimum absolute atomic E-state index is 0.0639. The first-order chi connectivity index (χ1) is 34.3. The fraction of sp³-hybridized carbons (Fsp3) is 0.467. The van der Waals surface area contributed by atoms with Crippen LogP contribution in [0.4, 0.5) is 0 Å². The third kappa shape index (κ3) is 7.60. The van der Waals surface area contributed by atoms with E-state index < -0.39 is 0 Å². The summed E-state index contributed by atoms with van der Waals surface area (Å²) in [7, 11) is 0. The number of benzene rings is 4. The molecular formula is C60H66N4S6. The largest absolute Gasteiger partial charge is 0.173 e. The van der Waals surface area contributed by atoms with E-state index >= 15 is 0 Å². The van der Waals surface area contributed by atoms with Crippen molar-refractivity contribution in [2.75, 3.05) is 0 Å². The summed E-state index contributed by atoms with van der Waals surface area (Å²) in [5.41, 5.74) is 18.6. The van der Waals surface area contributed by atoms with Crippen molar-refractivity contribution in [3.8, 4) is 32.7 Å². The fourth-order valence-corrected chi connectivity index (χ4v) is 19.4. The van der Waals surface area contributed by atoms with Gasteiger partial charge in [-0.1, -0.05) is 136 Å². The van der Waals surface area contributed by atoms with Gasteiger partial charge < -0.3 is 0 Å². The zero-order valence-corrected chi connectivity index (χ0v) is 46.9. The Kier molecular flexibility index (Phi) is 13.1. The zero-order chi connectivity index (χ0) is 47.7. The Balaban J connectivity index is 1.09. The van der Waals surface area contributed by atoms with Crippen molar-refractivity contribution in [3.63, 3.8) is 0 Å². The van der Waals surface area contributed by atoms with Crippen LogP contribution in [0.1, 0.15) is 189 Å². The Bertz CT molecular complexity index is 3550. The second-order valence-electron chi connectivity index (χ2n) is 21.1. The Labute approximate surface area is 438 Å². The molecule has 2 aliphatic rings. The van der Waals surface area contributed by atoms with E-state index in [1.165, 1.54) is 232 Å². The standard InChI is InChI=1S/C60H66N4S6/c1-7-11-15-19-23-59(24-20-16-12-8-2)42-30-38-43(29-37(42)51-44(59)27-35(5)53-55(51)63-69-61-53)60(25-21-17-13-9-3,26-22-18-14-10-4)45-31-39(54-56(52(38)45)64-70-62-54)48-34-50-58(68-48)41-33-46-40(32-47(41)67-50)57-49(66-46)28-36(6)65-57/h27-34H,7-26H2,1-6H3. The summed E-state index contributed by atoms with van der Waals surface area (Å²) in [5, 5.41) is 2.82. The van der Waals surface area contributed by atoms with Crippen molar-refractivity contribution < 1.29 is 0 Å². The van der Waals surface area contributed by atoms with E-state index in [1.54, 1.807) is 11.1 Å². The lowest BCUT2D eigenvalue weighted by atomic mass is 9.68. The molecule has 70 heavy (non-hydrogen) atoms. The molecule has 0 N–H and O–H groups in total. The average molecular weight is 1040 g/mol. The van der Waals surface area contributed by atoms with Gasteiger partial charge in [-0.15, -0.1) is 45.3 Å². The number of thiophene rings is 4. The molecule has 4 nitrogen and oxygen atoms in total. The van der Waals surface area contributed by atoms with Gasteiger partial charge in [-0.05, 0) is 121 Å². The maximum Gasteiger partial charge on any atom is 0.114 e. The Morgan fingerprint density at radius 3 is 1.36 bits per heavy atom. The summed E-state index contributed by atoms with van der Waals surface area (Å²) in [4.78, 5) is 2.73. The van der Waals surface area contributed by atoms with Gasteiger partial charge in [0, 0.05) is 66.8 Å². The van der Waals surface area contributed by atoms with Gasteiger partial charge in [0.2, 0.25) is 0 Å². The molecule has 10 aromatic rings. The van der Waals surface area contributed by atoms with Crippen LogP contribution < -0.4 is 0 Å². The van der Waals surface area contributed by atoms with E-state index in [2.05, 4.69) is 90.1 Å². The summed E-state index contributed by atoms with van der Waals surface area (Å²) >= 11 is 10.7. The van der Waals surface area contributed by atoms with Gasteiger partial charge in [-0.25, -0.2) is 0 Å². The molecule has 10 heteroatoms. The highest BCUT2D eigenvalue weighted by molar-refractivity contribution is 7.35. The number of hydrogen-bond acceptors (Lipinski definition) is 10. The van der Waals surface area contributed by atoms with E-state index in [0.717, 1.165) is 34.9 Å². The lowest BCUT2D eigenvalue weighted by Crippen LogP contribution is -2.27. The van der Waals surface area contributed by atoms with Gasteiger partial charge in [0.15, 0.2) is 0 Å². The number of aryl methyl sites for hydroxylation is 2. The first-order valence-electron chi connectivity index (χ1n) is 26.9. The molecular weight excluding hydrogens is 969 g/mol.